The number of thiophene rings is 1. The normalized spacial score (nSPS) is 11.6. The van der Waals surface area contributed by atoms with Gasteiger partial charge in [-0.1, -0.05) is 18.2 Å². The van der Waals surface area contributed by atoms with Crippen molar-refractivity contribution in [3.8, 4) is 0 Å². The number of carbonyl (C=O) groups excluding carboxylic acids is 2. The molecule has 2 rings (SSSR count). The number of likely N-dealkylation sites (N-methyl/N-ethyl adjacent to an activating group) is 1. The summed E-state index contributed by atoms with van der Waals surface area (Å²) in [6.45, 7) is 2.40. The van der Waals surface area contributed by atoms with Crippen molar-refractivity contribution in [2.24, 2.45) is 0 Å². The monoisotopic (exact) mass is 396 g/mol. The van der Waals surface area contributed by atoms with E-state index in [1.54, 1.807) is 6.92 Å². The van der Waals surface area contributed by atoms with Crippen LogP contribution in [0.5, 0.6) is 0 Å². The van der Waals surface area contributed by atoms with Crippen molar-refractivity contribution in [3.63, 3.8) is 0 Å². The van der Waals surface area contributed by atoms with Crippen LogP contribution in [-0.4, -0.2) is 29.8 Å². The SMILES string of the molecule is CCN(CC(=O)NCc1cccs1)C(=O)C=Cc1ccc(C(F)(F)F)cc1. The van der Waals surface area contributed by atoms with Crippen LogP contribution in [0.25, 0.3) is 6.08 Å². The summed E-state index contributed by atoms with van der Waals surface area (Å²) in [5.74, 6) is -0.662. The van der Waals surface area contributed by atoms with Crippen LogP contribution in [0.2, 0.25) is 0 Å². The minimum Gasteiger partial charge on any atom is -0.350 e. The zero-order valence-electron chi connectivity index (χ0n) is 14.6. The first-order valence-corrected chi connectivity index (χ1v) is 9.11. The molecule has 0 saturated heterocycles. The second-order valence-electron chi connectivity index (χ2n) is 5.66. The van der Waals surface area contributed by atoms with Crippen molar-refractivity contribution < 1.29 is 22.8 Å². The summed E-state index contributed by atoms with van der Waals surface area (Å²) in [6.07, 6.45) is -1.72. The molecular formula is C19H19F3N2O2S. The molecule has 1 aromatic carbocycles. The van der Waals surface area contributed by atoms with E-state index in [0.29, 0.717) is 18.7 Å². The molecule has 144 valence electrons. The number of rotatable bonds is 7. The fourth-order valence-corrected chi connectivity index (χ4v) is 2.87. The Bertz CT molecular complexity index is 784. The molecule has 0 radical (unpaired) electrons. The van der Waals surface area contributed by atoms with Crippen LogP contribution in [0.3, 0.4) is 0 Å². The lowest BCUT2D eigenvalue weighted by Crippen LogP contribution is -2.39. The van der Waals surface area contributed by atoms with Gasteiger partial charge in [0.2, 0.25) is 11.8 Å². The van der Waals surface area contributed by atoms with E-state index in [1.165, 1.54) is 40.5 Å². The van der Waals surface area contributed by atoms with E-state index >= 15 is 0 Å². The van der Waals surface area contributed by atoms with Crippen molar-refractivity contribution in [1.82, 2.24) is 10.2 Å². The maximum Gasteiger partial charge on any atom is 0.416 e. The van der Waals surface area contributed by atoms with Crippen LogP contribution in [0.1, 0.15) is 22.9 Å². The highest BCUT2D eigenvalue weighted by atomic mass is 32.1. The third kappa shape index (κ3) is 6.56. The second kappa shape index (κ2) is 9.36. The molecule has 0 aliphatic heterocycles. The molecule has 1 heterocycles. The van der Waals surface area contributed by atoms with E-state index in [4.69, 9.17) is 0 Å². The summed E-state index contributed by atoms with van der Waals surface area (Å²) >= 11 is 1.53. The second-order valence-corrected chi connectivity index (χ2v) is 6.69. The molecule has 2 aromatic rings. The van der Waals surface area contributed by atoms with E-state index in [2.05, 4.69) is 5.32 Å². The molecular weight excluding hydrogens is 377 g/mol. The average Bonchev–Trinajstić information content (AvgIpc) is 3.15. The largest absolute Gasteiger partial charge is 0.416 e. The van der Waals surface area contributed by atoms with E-state index in [1.807, 2.05) is 17.5 Å². The number of halogens is 3. The predicted octanol–water partition coefficient (Wildman–Crippen LogP) is 3.95. The number of nitrogens with zero attached hydrogens (tertiary/aromatic N) is 1. The Morgan fingerprint density at radius 3 is 2.44 bits per heavy atom. The van der Waals surface area contributed by atoms with Crippen molar-refractivity contribution in [1.29, 1.82) is 0 Å². The number of nitrogens with one attached hydrogen (secondary N) is 1. The molecule has 0 bridgehead atoms. The van der Waals surface area contributed by atoms with Gasteiger partial charge >= 0.3 is 6.18 Å². The van der Waals surface area contributed by atoms with Gasteiger partial charge < -0.3 is 10.2 Å². The predicted molar refractivity (Wildman–Crippen MR) is 98.9 cm³/mol. The molecule has 0 aliphatic rings. The summed E-state index contributed by atoms with van der Waals surface area (Å²) in [7, 11) is 0. The van der Waals surface area contributed by atoms with Crippen LogP contribution in [-0.2, 0) is 22.3 Å². The van der Waals surface area contributed by atoms with Gasteiger partial charge in [0.15, 0.2) is 0 Å². The lowest BCUT2D eigenvalue weighted by Gasteiger charge is -2.18. The number of amides is 2. The van der Waals surface area contributed by atoms with Crippen LogP contribution in [0.15, 0.2) is 47.9 Å². The fourth-order valence-electron chi connectivity index (χ4n) is 2.23. The minimum atomic E-state index is -4.40. The van der Waals surface area contributed by atoms with Gasteiger partial charge in [-0.3, -0.25) is 9.59 Å². The fraction of sp³-hybridized carbons (Fsp3) is 0.263. The first-order valence-electron chi connectivity index (χ1n) is 8.23. The van der Waals surface area contributed by atoms with Gasteiger partial charge in [0.05, 0.1) is 18.7 Å². The molecule has 0 unspecified atom stereocenters. The Labute approximate surface area is 159 Å². The summed E-state index contributed by atoms with van der Waals surface area (Å²) in [5, 5.41) is 4.66. The van der Waals surface area contributed by atoms with Crippen molar-refractivity contribution in [2.75, 3.05) is 13.1 Å². The smallest absolute Gasteiger partial charge is 0.350 e. The molecule has 1 aromatic heterocycles. The summed E-state index contributed by atoms with van der Waals surface area (Å²) in [4.78, 5) is 26.6. The van der Waals surface area contributed by atoms with Gasteiger partial charge in [-0.05, 0) is 42.1 Å². The number of hydrogen-bond donors (Lipinski definition) is 1. The number of alkyl halides is 3. The molecule has 2 amide bonds. The van der Waals surface area contributed by atoms with Gasteiger partial charge in [0.25, 0.3) is 0 Å². The first kappa shape index (κ1) is 20.7. The first-order chi connectivity index (χ1) is 12.8. The molecule has 0 atom stereocenters. The molecule has 8 heteroatoms. The van der Waals surface area contributed by atoms with E-state index in [-0.39, 0.29) is 18.4 Å². The molecule has 0 aliphatic carbocycles. The standard InChI is InChI=1S/C19H19F3N2O2S/c1-2-24(13-17(25)23-12-16-4-3-11-27-16)18(26)10-7-14-5-8-15(9-6-14)19(20,21)22/h3-11H,2,12-13H2,1H3,(H,23,25). The van der Waals surface area contributed by atoms with Crippen molar-refractivity contribution in [3.05, 3.63) is 63.9 Å². The number of carbonyl (C=O) groups is 2. The summed E-state index contributed by atoms with van der Waals surface area (Å²) < 4.78 is 37.6. The Hall–Kier alpha value is -2.61. The van der Waals surface area contributed by atoms with E-state index in [9.17, 15) is 22.8 Å². The minimum absolute atomic E-state index is 0.0853. The zero-order valence-corrected chi connectivity index (χ0v) is 15.4. The third-order valence-electron chi connectivity index (χ3n) is 3.72. The molecule has 0 spiro atoms. The maximum absolute atomic E-state index is 12.5. The lowest BCUT2D eigenvalue weighted by molar-refractivity contribution is -0.137. The maximum atomic E-state index is 12.5. The van der Waals surface area contributed by atoms with Gasteiger partial charge in [0.1, 0.15) is 0 Å². The topological polar surface area (TPSA) is 49.4 Å². The highest BCUT2D eigenvalue weighted by Crippen LogP contribution is 2.29. The molecule has 1 N–H and O–H groups in total. The quantitative estimate of drug-likeness (QED) is 0.721. The van der Waals surface area contributed by atoms with Gasteiger partial charge in [-0.15, -0.1) is 11.3 Å². The Balaban J connectivity index is 1.89. The van der Waals surface area contributed by atoms with Crippen molar-refractivity contribution >= 4 is 29.2 Å². The zero-order chi connectivity index (χ0) is 19.9. The highest BCUT2D eigenvalue weighted by molar-refractivity contribution is 7.09. The number of hydrogen-bond acceptors (Lipinski definition) is 3. The highest BCUT2D eigenvalue weighted by Gasteiger charge is 2.29. The van der Waals surface area contributed by atoms with E-state index < -0.39 is 11.7 Å². The Morgan fingerprint density at radius 2 is 1.89 bits per heavy atom. The average molecular weight is 396 g/mol. The van der Waals surface area contributed by atoms with Crippen LogP contribution >= 0.6 is 11.3 Å². The van der Waals surface area contributed by atoms with Gasteiger partial charge in [-0.25, -0.2) is 0 Å². The lowest BCUT2D eigenvalue weighted by atomic mass is 10.1. The summed E-state index contributed by atoms with van der Waals surface area (Å²) in [5.41, 5.74) is -0.280. The van der Waals surface area contributed by atoms with Crippen LogP contribution in [0, 0.1) is 0 Å². The van der Waals surface area contributed by atoms with E-state index in [0.717, 1.165) is 17.0 Å². The molecule has 4 nitrogen and oxygen atoms in total. The van der Waals surface area contributed by atoms with Gasteiger partial charge in [0, 0.05) is 17.5 Å². The molecule has 0 fully saturated rings. The number of benzene rings is 1. The Morgan fingerprint density at radius 1 is 1.19 bits per heavy atom. The Kier molecular flexibility index (Phi) is 7.18. The van der Waals surface area contributed by atoms with Crippen LogP contribution in [0.4, 0.5) is 13.2 Å². The van der Waals surface area contributed by atoms with Crippen LogP contribution < -0.4 is 5.32 Å². The van der Waals surface area contributed by atoms with Gasteiger partial charge in [-0.2, -0.15) is 13.2 Å². The molecule has 27 heavy (non-hydrogen) atoms. The molecule has 0 saturated carbocycles. The van der Waals surface area contributed by atoms with Crippen molar-refractivity contribution in [2.45, 2.75) is 19.6 Å². The summed E-state index contributed by atoms with van der Waals surface area (Å²) in [6, 6.07) is 8.29. The third-order valence-corrected chi connectivity index (χ3v) is 4.60.